The average Bonchev–Trinajstić information content (AvgIpc) is 3.16. The van der Waals surface area contributed by atoms with Crippen LogP contribution in [0, 0.1) is 6.92 Å². The van der Waals surface area contributed by atoms with Crippen LogP contribution in [0.3, 0.4) is 0 Å². The van der Waals surface area contributed by atoms with Gasteiger partial charge in [0.05, 0.1) is 0 Å². The van der Waals surface area contributed by atoms with Crippen molar-refractivity contribution in [3.8, 4) is 11.5 Å². The van der Waals surface area contributed by atoms with Crippen LogP contribution in [0.1, 0.15) is 23.1 Å². The van der Waals surface area contributed by atoms with E-state index < -0.39 is 5.60 Å². The molecule has 1 saturated heterocycles. The Morgan fingerprint density at radius 1 is 1.13 bits per heavy atom. The van der Waals surface area contributed by atoms with E-state index in [0.29, 0.717) is 13.3 Å². The van der Waals surface area contributed by atoms with E-state index in [0.717, 1.165) is 36.6 Å². The second-order valence-corrected chi connectivity index (χ2v) is 6.49. The number of aliphatic hydroxyl groups is 1. The zero-order valence-electron chi connectivity index (χ0n) is 13.3. The largest absolute Gasteiger partial charge is 0.454 e. The van der Waals surface area contributed by atoms with Crippen LogP contribution in [0.25, 0.3) is 0 Å². The van der Waals surface area contributed by atoms with Crippen molar-refractivity contribution in [3.63, 3.8) is 0 Å². The maximum atomic E-state index is 10.9. The first-order chi connectivity index (χ1) is 11.1. The van der Waals surface area contributed by atoms with Gasteiger partial charge in [0.25, 0.3) is 0 Å². The van der Waals surface area contributed by atoms with Gasteiger partial charge >= 0.3 is 0 Å². The molecule has 0 aliphatic carbocycles. The summed E-state index contributed by atoms with van der Waals surface area (Å²) >= 11 is 0. The van der Waals surface area contributed by atoms with Crippen molar-refractivity contribution in [3.05, 3.63) is 59.2 Å². The van der Waals surface area contributed by atoms with E-state index >= 15 is 0 Å². The normalized spacial score (nSPS) is 23.4. The number of rotatable bonds is 3. The molecule has 4 nitrogen and oxygen atoms in total. The van der Waals surface area contributed by atoms with Gasteiger partial charge in [-0.2, -0.15) is 0 Å². The minimum atomic E-state index is -0.745. The highest BCUT2D eigenvalue weighted by Crippen LogP contribution is 2.37. The molecule has 0 bridgehead atoms. The van der Waals surface area contributed by atoms with Crippen molar-refractivity contribution >= 4 is 0 Å². The number of fused-ring (bicyclic) bond motifs is 1. The number of nitrogens with zero attached hydrogens (tertiary/aromatic N) is 1. The van der Waals surface area contributed by atoms with Gasteiger partial charge in [0, 0.05) is 19.6 Å². The molecule has 1 fully saturated rings. The molecule has 2 aromatic rings. The molecule has 0 saturated carbocycles. The van der Waals surface area contributed by atoms with Crippen LogP contribution in [0.15, 0.2) is 42.5 Å². The summed E-state index contributed by atoms with van der Waals surface area (Å²) in [7, 11) is 0. The van der Waals surface area contributed by atoms with Gasteiger partial charge in [-0.3, -0.25) is 4.90 Å². The number of β-amino-alcohol motifs (C(OH)–C–C–N with tert-alkyl or cyclic N) is 1. The number of aryl methyl sites for hydroxylation is 1. The summed E-state index contributed by atoms with van der Waals surface area (Å²) in [6.07, 6.45) is 0.764. The third kappa shape index (κ3) is 2.69. The third-order valence-electron chi connectivity index (χ3n) is 4.86. The molecule has 0 radical (unpaired) electrons. The van der Waals surface area contributed by atoms with Crippen molar-refractivity contribution in [2.75, 3.05) is 19.9 Å². The Balaban J connectivity index is 1.51. The SMILES string of the molecule is Cc1cc2c(cc1CN1CCC(O)(c3ccccc3)C1)OCO2. The van der Waals surface area contributed by atoms with Crippen molar-refractivity contribution in [1.29, 1.82) is 0 Å². The van der Waals surface area contributed by atoms with Crippen LogP contribution < -0.4 is 9.47 Å². The Morgan fingerprint density at radius 3 is 2.65 bits per heavy atom. The second-order valence-electron chi connectivity index (χ2n) is 6.49. The summed E-state index contributed by atoms with van der Waals surface area (Å²) in [6, 6.07) is 14.1. The smallest absolute Gasteiger partial charge is 0.231 e. The topological polar surface area (TPSA) is 41.9 Å². The number of hydrogen-bond donors (Lipinski definition) is 1. The highest BCUT2D eigenvalue weighted by atomic mass is 16.7. The first-order valence-electron chi connectivity index (χ1n) is 8.03. The maximum absolute atomic E-state index is 10.9. The summed E-state index contributed by atoms with van der Waals surface area (Å²) in [5.74, 6) is 1.65. The fraction of sp³-hybridized carbons (Fsp3) is 0.368. The van der Waals surface area contributed by atoms with Gasteiger partial charge < -0.3 is 14.6 Å². The Labute approximate surface area is 136 Å². The molecule has 2 aliphatic heterocycles. The lowest BCUT2D eigenvalue weighted by Crippen LogP contribution is -2.30. The van der Waals surface area contributed by atoms with Crippen molar-refractivity contribution in [2.45, 2.75) is 25.5 Å². The van der Waals surface area contributed by atoms with Crippen LogP contribution in [0.5, 0.6) is 11.5 Å². The van der Waals surface area contributed by atoms with E-state index in [4.69, 9.17) is 9.47 Å². The molecule has 0 amide bonds. The lowest BCUT2D eigenvalue weighted by atomic mass is 9.93. The van der Waals surface area contributed by atoms with E-state index in [1.807, 2.05) is 36.4 Å². The lowest BCUT2D eigenvalue weighted by Gasteiger charge is -2.24. The fourth-order valence-electron chi connectivity index (χ4n) is 3.49. The molecule has 1 unspecified atom stereocenters. The molecule has 23 heavy (non-hydrogen) atoms. The minimum Gasteiger partial charge on any atom is -0.454 e. The Kier molecular flexibility index (Phi) is 3.51. The molecule has 0 spiro atoms. The monoisotopic (exact) mass is 311 g/mol. The van der Waals surface area contributed by atoms with Gasteiger partial charge in [-0.1, -0.05) is 30.3 Å². The van der Waals surface area contributed by atoms with Gasteiger partial charge in [0.15, 0.2) is 11.5 Å². The molecular weight excluding hydrogens is 290 g/mol. The quantitative estimate of drug-likeness (QED) is 0.946. The standard InChI is InChI=1S/C19H21NO3/c1-14-9-17-18(23-13-22-17)10-15(14)11-20-8-7-19(21,12-20)16-5-3-2-4-6-16/h2-6,9-10,21H,7-8,11-13H2,1H3. The molecule has 0 aromatic heterocycles. The fourth-order valence-corrected chi connectivity index (χ4v) is 3.49. The van der Waals surface area contributed by atoms with E-state index in [1.54, 1.807) is 0 Å². The third-order valence-corrected chi connectivity index (χ3v) is 4.86. The van der Waals surface area contributed by atoms with Gasteiger partial charge in [-0.25, -0.2) is 0 Å². The summed E-state index contributed by atoms with van der Waals surface area (Å²) in [5.41, 5.74) is 2.69. The molecule has 120 valence electrons. The lowest BCUT2D eigenvalue weighted by molar-refractivity contribution is 0.0453. The van der Waals surface area contributed by atoms with Crippen LogP contribution in [0.4, 0.5) is 0 Å². The first kappa shape index (κ1) is 14.5. The minimum absolute atomic E-state index is 0.301. The van der Waals surface area contributed by atoms with Gasteiger partial charge in [-0.15, -0.1) is 0 Å². The highest BCUT2D eigenvalue weighted by molar-refractivity contribution is 5.48. The summed E-state index contributed by atoms with van der Waals surface area (Å²) in [5, 5.41) is 10.9. The molecule has 4 heteroatoms. The number of hydrogen-bond acceptors (Lipinski definition) is 4. The van der Waals surface area contributed by atoms with E-state index in [1.165, 1.54) is 11.1 Å². The van der Waals surface area contributed by atoms with Crippen LogP contribution in [-0.4, -0.2) is 29.9 Å². The van der Waals surface area contributed by atoms with Gasteiger partial charge in [0.2, 0.25) is 6.79 Å². The second kappa shape index (κ2) is 5.55. The van der Waals surface area contributed by atoms with Crippen molar-refractivity contribution in [2.24, 2.45) is 0 Å². The van der Waals surface area contributed by atoms with Gasteiger partial charge in [-0.05, 0) is 42.2 Å². The number of ether oxygens (including phenoxy) is 2. The molecule has 4 rings (SSSR count). The van der Waals surface area contributed by atoms with Crippen molar-refractivity contribution < 1.29 is 14.6 Å². The van der Waals surface area contributed by atoms with E-state index in [9.17, 15) is 5.11 Å². The summed E-state index contributed by atoms with van der Waals surface area (Å²) in [6.45, 7) is 4.76. The summed E-state index contributed by atoms with van der Waals surface area (Å²) in [4.78, 5) is 2.30. The number of benzene rings is 2. The molecule has 1 N–H and O–H groups in total. The predicted molar refractivity (Wildman–Crippen MR) is 87.5 cm³/mol. The molecule has 1 atom stereocenters. The predicted octanol–water partition coefficient (Wildman–Crippen LogP) is 2.82. The zero-order chi connectivity index (χ0) is 15.9. The van der Waals surface area contributed by atoms with E-state index in [2.05, 4.69) is 17.9 Å². The molecule has 2 heterocycles. The highest BCUT2D eigenvalue weighted by Gasteiger charge is 2.37. The Bertz CT molecular complexity index is 716. The number of likely N-dealkylation sites (tertiary alicyclic amines) is 1. The average molecular weight is 311 g/mol. The first-order valence-corrected chi connectivity index (χ1v) is 8.03. The van der Waals surface area contributed by atoms with Crippen LogP contribution in [-0.2, 0) is 12.1 Å². The van der Waals surface area contributed by atoms with Crippen molar-refractivity contribution in [1.82, 2.24) is 4.90 Å². The van der Waals surface area contributed by atoms with Crippen LogP contribution in [0.2, 0.25) is 0 Å². The Hall–Kier alpha value is -2.04. The molecule has 2 aliphatic rings. The Morgan fingerprint density at radius 2 is 1.87 bits per heavy atom. The van der Waals surface area contributed by atoms with Gasteiger partial charge in [0.1, 0.15) is 5.60 Å². The summed E-state index contributed by atoms with van der Waals surface area (Å²) < 4.78 is 10.9. The van der Waals surface area contributed by atoms with E-state index in [-0.39, 0.29) is 0 Å². The maximum Gasteiger partial charge on any atom is 0.231 e. The zero-order valence-corrected chi connectivity index (χ0v) is 13.3. The molecule has 2 aromatic carbocycles. The molecular formula is C19H21NO3. The van der Waals surface area contributed by atoms with Crippen LogP contribution >= 0.6 is 0 Å².